The van der Waals surface area contributed by atoms with Gasteiger partial charge in [0.25, 0.3) is 11.8 Å². The number of quaternary nitrogens is 1. The summed E-state index contributed by atoms with van der Waals surface area (Å²) in [6, 6.07) is 8.45. The Morgan fingerprint density at radius 3 is 2.39 bits per heavy atom. The molecule has 1 aliphatic rings. The first kappa shape index (κ1) is 19.8. The van der Waals surface area contributed by atoms with E-state index >= 15 is 0 Å². The number of hydrogen-bond acceptors (Lipinski definition) is 6. The molecule has 0 spiro atoms. The molecule has 148 valence electrons. The van der Waals surface area contributed by atoms with Crippen molar-refractivity contribution in [3.05, 3.63) is 47.7 Å². The highest BCUT2D eigenvalue weighted by Crippen LogP contribution is 2.15. The molecule has 10 heteroatoms. The van der Waals surface area contributed by atoms with E-state index < -0.39 is 5.91 Å². The molecule has 1 aliphatic heterocycles. The van der Waals surface area contributed by atoms with Gasteiger partial charge in [0.2, 0.25) is 5.95 Å². The molecule has 1 aromatic heterocycles. The smallest absolute Gasteiger partial charge is 0.293 e. The molecular weight excluding hydrogens is 384 g/mol. The maximum atomic E-state index is 12.0. The van der Waals surface area contributed by atoms with Gasteiger partial charge in [-0.15, -0.1) is 0 Å². The van der Waals surface area contributed by atoms with Crippen LogP contribution in [-0.4, -0.2) is 61.1 Å². The van der Waals surface area contributed by atoms with Gasteiger partial charge in [0.05, 0.1) is 26.2 Å². The van der Waals surface area contributed by atoms with Gasteiger partial charge in [0.1, 0.15) is 5.75 Å². The zero-order valence-corrected chi connectivity index (χ0v) is 16.0. The van der Waals surface area contributed by atoms with Crippen LogP contribution in [0.15, 0.2) is 42.7 Å². The van der Waals surface area contributed by atoms with Crippen LogP contribution in [0.3, 0.4) is 0 Å². The van der Waals surface area contributed by atoms with Crippen LogP contribution in [0.1, 0.15) is 0 Å². The Labute approximate surface area is 167 Å². The number of hydrazine groups is 1. The quantitative estimate of drug-likeness (QED) is 0.536. The number of ether oxygens (including phenoxy) is 1. The Morgan fingerprint density at radius 2 is 1.71 bits per heavy atom. The minimum atomic E-state index is -0.440. The van der Waals surface area contributed by atoms with Crippen LogP contribution in [-0.2, 0) is 9.59 Å². The van der Waals surface area contributed by atoms with Crippen molar-refractivity contribution >= 4 is 29.4 Å². The summed E-state index contributed by atoms with van der Waals surface area (Å²) in [4.78, 5) is 35.5. The third-order valence-electron chi connectivity index (χ3n) is 4.24. The summed E-state index contributed by atoms with van der Waals surface area (Å²) in [6.45, 7) is 3.20. The van der Waals surface area contributed by atoms with Crippen LogP contribution >= 0.6 is 11.6 Å². The van der Waals surface area contributed by atoms with E-state index in [9.17, 15) is 9.59 Å². The SMILES string of the molecule is O=C(COc1ccc(Cl)cc1)NNC(=O)C[NH+]1CCN(c2ncccn2)CC1. The maximum Gasteiger partial charge on any atom is 0.293 e. The molecule has 2 heterocycles. The lowest BCUT2D eigenvalue weighted by Gasteiger charge is -2.31. The Hall–Kier alpha value is -2.91. The second kappa shape index (κ2) is 9.86. The number of aromatic nitrogens is 2. The van der Waals surface area contributed by atoms with Crippen molar-refractivity contribution < 1.29 is 19.2 Å². The topological polar surface area (TPSA) is 101 Å². The summed E-state index contributed by atoms with van der Waals surface area (Å²) in [5, 5.41) is 0.587. The number of halogens is 1. The van der Waals surface area contributed by atoms with Gasteiger partial charge >= 0.3 is 0 Å². The van der Waals surface area contributed by atoms with E-state index in [1.165, 1.54) is 0 Å². The monoisotopic (exact) mass is 405 g/mol. The van der Waals surface area contributed by atoms with E-state index in [1.807, 2.05) is 0 Å². The summed E-state index contributed by atoms with van der Waals surface area (Å²) in [6.07, 6.45) is 3.43. The van der Waals surface area contributed by atoms with E-state index in [4.69, 9.17) is 16.3 Å². The number of rotatable bonds is 6. The fraction of sp³-hybridized carbons (Fsp3) is 0.333. The van der Waals surface area contributed by atoms with Crippen LogP contribution in [0.5, 0.6) is 5.75 Å². The van der Waals surface area contributed by atoms with Crippen LogP contribution in [0.25, 0.3) is 0 Å². The minimum absolute atomic E-state index is 0.204. The van der Waals surface area contributed by atoms with Crippen molar-refractivity contribution in [3.63, 3.8) is 0 Å². The number of carbonyl (C=O) groups is 2. The van der Waals surface area contributed by atoms with Crippen molar-refractivity contribution in [2.24, 2.45) is 0 Å². The summed E-state index contributed by atoms with van der Waals surface area (Å²) >= 11 is 5.78. The Balaban J connectivity index is 1.32. The Bertz CT molecular complexity index is 782. The predicted molar refractivity (Wildman–Crippen MR) is 103 cm³/mol. The number of nitrogens with one attached hydrogen (secondary N) is 3. The van der Waals surface area contributed by atoms with E-state index in [-0.39, 0.29) is 19.1 Å². The first-order valence-corrected chi connectivity index (χ1v) is 9.29. The van der Waals surface area contributed by atoms with Gasteiger partial charge in [-0.05, 0) is 30.3 Å². The molecule has 0 radical (unpaired) electrons. The lowest BCUT2D eigenvalue weighted by Crippen LogP contribution is -3.16. The van der Waals surface area contributed by atoms with Gasteiger partial charge in [0.15, 0.2) is 13.2 Å². The van der Waals surface area contributed by atoms with Gasteiger partial charge in [0, 0.05) is 17.4 Å². The van der Waals surface area contributed by atoms with E-state index in [1.54, 1.807) is 42.7 Å². The zero-order chi connectivity index (χ0) is 19.8. The number of benzene rings is 1. The predicted octanol–water partition coefficient (Wildman–Crippen LogP) is -0.939. The van der Waals surface area contributed by atoms with E-state index in [0.29, 0.717) is 16.7 Å². The largest absolute Gasteiger partial charge is 0.484 e. The molecule has 1 aromatic carbocycles. The number of nitrogens with zero attached hydrogens (tertiary/aromatic N) is 3. The average molecular weight is 406 g/mol. The van der Waals surface area contributed by atoms with Crippen LogP contribution in [0.2, 0.25) is 5.02 Å². The number of anilines is 1. The Morgan fingerprint density at radius 1 is 1.07 bits per heavy atom. The summed E-state index contributed by atoms with van der Waals surface area (Å²) in [5.41, 5.74) is 4.77. The van der Waals surface area contributed by atoms with E-state index in [0.717, 1.165) is 31.1 Å². The van der Waals surface area contributed by atoms with Gasteiger partial charge in [-0.1, -0.05) is 11.6 Å². The molecule has 0 unspecified atom stereocenters. The number of carbonyl (C=O) groups excluding carboxylic acids is 2. The molecule has 0 bridgehead atoms. The first-order chi connectivity index (χ1) is 13.6. The molecular formula is C18H22ClN6O3+. The Kier molecular flexibility index (Phi) is 6.99. The fourth-order valence-corrected chi connectivity index (χ4v) is 2.91. The van der Waals surface area contributed by atoms with Crippen molar-refractivity contribution in [3.8, 4) is 5.75 Å². The molecule has 3 N–H and O–H groups in total. The number of piperazine rings is 1. The highest BCUT2D eigenvalue weighted by molar-refractivity contribution is 6.30. The fourth-order valence-electron chi connectivity index (χ4n) is 2.78. The van der Waals surface area contributed by atoms with Crippen LogP contribution < -0.4 is 25.4 Å². The van der Waals surface area contributed by atoms with Crippen molar-refractivity contribution in [2.45, 2.75) is 0 Å². The van der Waals surface area contributed by atoms with Crippen molar-refractivity contribution in [2.75, 3.05) is 44.2 Å². The second-order valence-electron chi connectivity index (χ2n) is 6.30. The molecule has 3 rings (SSSR count). The third kappa shape index (κ3) is 6.07. The van der Waals surface area contributed by atoms with Gasteiger partial charge < -0.3 is 14.5 Å². The summed E-state index contributed by atoms with van der Waals surface area (Å²) in [5.74, 6) is 0.540. The van der Waals surface area contributed by atoms with Gasteiger partial charge in [-0.25, -0.2) is 9.97 Å². The van der Waals surface area contributed by atoms with Gasteiger partial charge in [-0.3, -0.25) is 20.4 Å². The third-order valence-corrected chi connectivity index (χ3v) is 4.49. The molecule has 0 atom stereocenters. The molecule has 1 fully saturated rings. The minimum Gasteiger partial charge on any atom is -0.484 e. The number of amides is 2. The lowest BCUT2D eigenvalue weighted by atomic mass is 10.3. The molecule has 2 amide bonds. The molecule has 0 aliphatic carbocycles. The van der Waals surface area contributed by atoms with Crippen molar-refractivity contribution in [1.29, 1.82) is 0 Å². The molecule has 1 saturated heterocycles. The highest BCUT2D eigenvalue weighted by atomic mass is 35.5. The average Bonchev–Trinajstić information content (AvgIpc) is 2.73. The first-order valence-electron chi connectivity index (χ1n) is 8.92. The van der Waals surface area contributed by atoms with Crippen LogP contribution in [0, 0.1) is 0 Å². The summed E-state index contributed by atoms with van der Waals surface area (Å²) < 4.78 is 5.31. The standard InChI is InChI=1S/C18H21ClN6O3/c19-14-2-4-15(5-3-14)28-13-17(27)23-22-16(26)12-24-8-10-25(11-9-24)18-20-6-1-7-21-18/h1-7H,8-13H2,(H,22,26)(H,23,27)/p+1. The molecule has 2 aromatic rings. The summed E-state index contributed by atoms with van der Waals surface area (Å²) in [7, 11) is 0. The highest BCUT2D eigenvalue weighted by Gasteiger charge is 2.23. The van der Waals surface area contributed by atoms with E-state index in [2.05, 4.69) is 25.7 Å². The molecule has 0 saturated carbocycles. The molecule has 9 nitrogen and oxygen atoms in total. The van der Waals surface area contributed by atoms with Crippen LogP contribution in [0.4, 0.5) is 5.95 Å². The lowest BCUT2D eigenvalue weighted by molar-refractivity contribution is -0.892. The van der Waals surface area contributed by atoms with Crippen molar-refractivity contribution in [1.82, 2.24) is 20.8 Å². The zero-order valence-electron chi connectivity index (χ0n) is 15.2. The second-order valence-corrected chi connectivity index (χ2v) is 6.74. The normalized spacial score (nSPS) is 14.4. The number of hydrogen-bond donors (Lipinski definition) is 3. The van der Waals surface area contributed by atoms with Gasteiger partial charge in [-0.2, -0.15) is 0 Å². The maximum absolute atomic E-state index is 12.0. The molecule has 28 heavy (non-hydrogen) atoms.